The van der Waals surface area contributed by atoms with Crippen molar-refractivity contribution in [3.05, 3.63) is 106 Å². The summed E-state index contributed by atoms with van der Waals surface area (Å²) in [5, 5.41) is 26.7. The number of likely N-dealkylation sites (tertiary alicyclic amines) is 1. The number of amides is 1. The van der Waals surface area contributed by atoms with Crippen LogP contribution >= 0.6 is 0 Å². The second-order valence-corrected chi connectivity index (χ2v) is 21.6. The summed E-state index contributed by atoms with van der Waals surface area (Å²) >= 11 is 0. The normalized spacial score (nSPS) is 24.8. The monoisotopic (exact) mass is 946 g/mol. The predicted octanol–water partition coefficient (Wildman–Crippen LogP) is 8.38. The number of aryl methyl sites for hydroxylation is 1. The number of aromatic nitrogens is 2. The molecule has 1 amide bonds. The van der Waals surface area contributed by atoms with Gasteiger partial charge in [0.15, 0.2) is 0 Å². The van der Waals surface area contributed by atoms with Gasteiger partial charge in [-0.25, -0.2) is 13.1 Å². The number of sulfonamides is 1. The lowest BCUT2D eigenvalue weighted by molar-refractivity contribution is -0.384. The molecule has 0 radical (unpaired) electrons. The number of aromatic amines is 1. The van der Waals surface area contributed by atoms with E-state index in [0.717, 1.165) is 69.0 Å². The molecule has 6 heterocycles. The Morgan fingerprint density at radius 2 is 1.76 bits per heavy atom. The van der Waals surface area contributed by atoms with Gasteiger partial charge >= 0.3 is 0 Å². The Labute approximate surface area is 397 Å². The molecule has 0 unspecified atom stereocenters. The van der Waals surface area contributed by atoms with E-state index < -0.39 is 43.1 Å². The van der Waals surface area contributed by atoms with Gasteiger partial charge in [-0.15, -0.1) is 0 Å². The summed E-state index contributed by atoms with van der Waals surface area (Å²) in [6.07, 6.45) is 10.4. The average Bonchev–Trinajstić information content (AvgIpc) is 3.80. The van der Waals surface area contributed by atoms with Gasteiger partial charge in [-0.2, -0.15) is 4.98 Å². The number of H-pyrrole nitrogens is 1. The van der Waals surface area contributed by atoms with Crippen molar-refractivity contribution in [2.45, 2.75) is 107 Å². The third-order valence-electron chi connectivity index (χ3n) is 15.2. The third kappa shape index (κ3) is 9.50. The number of nitro groups is 1. The first-order chi connectivity index (χ1) is 32.8. The second kappa shape index (κ2) is 19.0. The molecule has 360 valence electrons. The number of carbonyl (C=O) groups is 1. The fourth-order valence-corrected chi connectivity index (χ4v) is 12.2. The van der Waals surface area contributed by atoms with E-state index in [0.29, 0.717) is 73.9 Å². The van der Waals surface area contributed by atoms with E-state index in [2.05, 4.69) is 60.9 Å². The lowest BCUT2D eigenvalue weighted by Crippen LogP contribution is -2.53. The van der Waals surface area contributed by atoms with Crippen LogP contribution in [0, 0.1) is 28.9 Å². The number of anilines is 4. The zero-order valence-electron chi connectivity index (χ0n) is 38.9. The number of benzene rings is 3. The summed E-state index contributed by atoms with van der Waals surface area (Å²) in [5.41, 5.74) is 4.66. The van der Waals surface area contributed by atoms with Gasteiger partial charge in [0.2, 0.25) is 5.88 Å². The number of nitrogens with zero attached hydrogens (tertiary/aromatic N) is 5. The lowest BCUT2D eigenvalue weighted by atomic mass is 9.80. The number of nitrogens with one attached hydrogen (secondary N) is 3. The standard InChI is InChI=1S/C51H62N8O8S/c1-33-7-3-4-8-39(33)42-9-5-6-23-57(42)31-35-17-24-56(25-18-35)37-10-12-40(44(28-37)58-43-19-26-66-32-47(43)67-50-46(58)27-36-16-22-52-48(36)54-50)49(60)55-68(64,65)38-11-13-41(45(29-38)59(62)63)53-30-34-14-20-51(2,61)21-15-34/h3-4,7-8,10-13,16,22,27-29,34-35,42-43,47,53,61H,5-6,9,14-15,17-21,23-26,30-32H2,1-2H3,(H,52,54)(H,55,60)/t34?,42-,43-,47-,51?/m0/s1. The largest absolute Gasteiger partial charge is 0.468 e. The van der Waals surface area contributed by atoms with Crippen molar-refractivity contribution in [2.24, 2.45) is 11.8 Å². The minimum Gasteiger partial charge on any atom is -0.468 e. The van der Waals surface area contributed by atoms with Crippen LogP contribution in [-0.2, 0) is 14.8 Å². The minimum absolute atomic E-state index is 0.117. The number of pyridine rings is 1. The summed E-state index contributed by atoms with van der Waals surface area (Å²) in [4.78, 5) is 41.1. The Morgan fingerprint density at radius 3 is 2.56 bits per heavy atom. The fraction of sp³-hybridized carbons (Fsp3) is 0.490. The molecule has 1 saturated carbocycles. The van der Waals surface area contributed by atoms with E-state index in [1.807, 2.05) is 37.4 Å². The molecule has 4 N–H and O–H groups in total. The minimum atomic E-state index is -4.61. The molecule has 4 fully saturated rings. The second-order valence-electron chi connectivity index (χ2n) is 19.9. The first kappa shape index (κ1) is 46.0. The summed E-state index contributed by atoms with van der Waals surface area (Å²) in [6, 6.07) is 22.1. The molecular weight excluding hydrogens is 885 g/mol. The van der Waals surface area contributed by atoms with Crippen molar-refractivity contribution in [1.82, 2.24) is 19.6 Å². The molecule has 2 aromatic heterocycles. The highest BCUT2D eigenvalue weighted by Gasteiger charge is 2.42. The number of fused-ring (bicyclic) bond motifs is 3. The van der Waals surface area contributed by atoms with Crippen LogP contribution in [0.1, 0.15) is 98.7 Å². The number of aliphatic hydroxyl groups is 1. The van der Waals surface area contributed by atoms with Crippen molar-refractivity contribution >= 4 is 55.4 Å². The highest BCUT2D eigenvalue weighted by molar-refractivity contribution is 7.90. The van der Waals surface area contributed by atoms with Gasteiger partial charge in [0.05, 0.1) is 39.3 Å². The first-order valence-electron chi connectivity index (χ1n) is 24.3. The van der Waals surface area contributed by atoms with Gasteiger partial charge in [-0.1, -0.05) is 30.7 Å². The molecule has 1 aliphatic carbocycles. The van der Waals surface area contributed by atoms with E-state index in [9.17, 15) is 28.4 Å². The van der Waals surface area contributed by atoms with E-state index in [-0.39, 0.29) is 23.2 Å². The number of nitro benzene ring substituents is 1. The third-order valence-corrected chi connectivity index (χ3v) is 16.5. The van der Waals surface area contributed by atoms with Crippen LogP contribution in [0.3, 0.4) is 0 Å². The fourth-order valence-electron chi connectivity index (χ4n) is 11.3. The van der Waals surface area contributed by atoms with Crippen molar-refractivity contribution in [3.8, 4) is 5.88 Å². The molecule has 17 heteroatoms. The quantitative estimate of drug-likeness (QED) is 0.0689. The van der Waals surface area contributed by atoms with Gasteiger partial charge in [0.1, 0.15) is 23.1 Å². The zero-order valence-corrected chi connectivity index (χ0v) is 39.7. The van der Waals surface area contributed by atoms with Gasteiger partial charge in [-0.3, -0.25) is 19.8 Å². The molecule has 5 aromatic rings. The van der Waals surface area contributed by atoms with Crippen molar-refractivity contribution in [1.29, 1.82) is 0 Å². The molecule has 16 nitrogen and oxygen atoms in total. The topological polar surface area (TPSA) is 196 Å². The number of hydrogen-bond donors (Lipinski definition) is 4. The van der Waals surface area contributed by atoms with Crippen LogP contribution in [0.15, 0.2) is 83.9 Å². The van der Waals surface area contributed by atoms with Crippen LogP contribution in [0.5, 0.6) is 5.88 Å². The van der Waals surface area contributed by atoms with Gasteiger partial charge < -0.3 is 34.7 Å². The highest BCUT2D eigenvalue weighted by atomic mass is 32.2. The van der Waals surface area contributed by atoms with Crippen LogP contribution in [0.4, 0.5) is 28.4 Å². The maximum absolute atomic E-state index is 14.6. The Balaban J connectivity index is 0.934. The predicted molar refractivity (Wildman–Crippen MR) is 261 cm³/mol. The van der Waals surface area contributed by atoms with Crippen molar-refractivity contribution in [2.75, 3.05) is 61.1 Å². The number of rotatable bonds is 12. The van der Waals surface area contributed by atoms with E-state index in [4.69, 9.17) is 14.5 Å². The van der Waals surface area contributed by atoms with E-state index >= 15 is 0 Å². The molecule has 0 spiro atoms. The smallest absolute Gasteiger partial charge is 0.293 e. The summed E-state index contributed by atoms with van der Waals surface area (Å²) in [5.74, 6) is 0.230. The molecule has 10 rings (SSSR count). The van der Waals surface area contributed by atoms with Gasteiger partial charge in [0.25, 0.3) is 21.6 Å². The number of piperidine rings is 2. The van der Waals surface area contributed by atoms with E-state index in [1.54, 1.807) is 6.07 Å². The zero-order chi connectivity index (χ0) is 47.2. The average molecular weight is 947 g/mol. The van der Waals surface area contributed by atoms with Crippen molar-refractivity contribution < 1.29 is 32.7 Å². The molecule has 3 aromatic carbocycles. The molecule has 4 aliphatic heterocycles. The Bertz CT molecular complexity index is 2780. The number of ether oxygens (including phenoxy) is 2. The van der Waals surface area contributed by atoms with Crippen LogP contribution in [0.2, 0.25) is 0 Å². The summed E-state index contributed by atoms with van der Waals surface area (Å²) in [7, 11) is -4.61. The Kier molecular flexibility index (Phi) is 12.8. The number of hydrogen-bond acceptors (Lipinski definition) is 13. The van der Waals surface area contributed by atoms with Gasteiger partial charge in [-0.05, 0) is 144 Å². The van der Waals surface area contributed by atoms with Gasteiger partial charge in [0, 0.05) is 62.2 Å². The molecule has 5 aliphatic rings. The van der Waals surface area contributed by atoms with E-state index in [1.165, 1.54) is 42.5 Å². The molecule has 0 bridgehead atoms. The first-order valence-corrected chi connectivity index (χ1v) is 25.8. The van der Waals surface area contributed by atoms with Crippen molar-refractivity contribution in [3.63, 3.8) is 0 Å². The summed E-state index contributed by atoms with van der Waals surface area (Å²) in [6.45, 7) is 9.05. The van der Waals surface area contributed by atoms with Crippen LogP contribution < -0.4 is 24.6 Å². The maximum atomic E-state index is 14.6. The summed E-state index contributed by atoms with van der Waals surface area (Å²) < 4.78 is 42.9. The van der Waals surface area contributed by atoms with Crippen LogP contribution in [-0.4, -0.2) is 103 Å². The SMILES string of the molecule is Cc1ccccc1[C@@H]1CCCCN1CC1CCN(c2ccc(C(=O)NS(=O)(=O)c3ccc(NCC4CCC(C)(O)CC4)c([N+](=O)[O-])c3)c(N3c4cc5cc[nH]c5nc4O[C@H]4COCC[C@@H]43)c2)CC1. The van der Waals surface area contributed by atoms with Crippen LogP contribution in [0.25, 0.3) is 11.0 Å². The highest BCUT2D eigenvalue weighted by Crippen LogP contribution is 2.46. The number of carbonyl (C=O) groups excluding carboxylic acids is 1. The lowest BCUT2D eigenvalue weighted by Gasteiger charge is -2.45. The molecule has 3 atom stereocenters. The molecular formula is C51H62N8O8S. The molecule has 68 heavy (non-hydrogen) atoms. The molecule has 3 saturated heterocycles. The maximum Gasteiger partial charge on any atom is 0.293 e. The Morgan fingerprint density at radius 1 is 0.956 bits per heavy atom. The Hall–Kier alpha value is -5.75.